The minimum Gasteiger partial charge on any atom is -0.497 e. The maximum atomic E-state index is 13.1. The number of piperazine rings is 1. The molecule has 1 atom stereocenters. The number of methoxy groups -OCH3 is 1. The van der Waals surface area contributed by atoms with Crippen molar-refractivity contribution in [3.8, 4) is 5.75 Å². The van der Waals surface area contributed by atoms with Crippen molar-refractivity contribution in [3.63, 3.8) is 0 Å². The molecular formula is C22H27N5O3. The molecule has 3 heterocycles. The number of rotatable bonds is 4. The fraction of sp³-hybridized carbons (Fsp3) is 0.455. The molecule has 0 saturated carbocycles. The Labute approximate surface area is 176 Å². The van der Waals surface area contributed by atoms with Gasteiger partial charge in [-0.25, -0.2) is 4.98 Å². The smallest absolute Gasteiger partial charge is 0.274 e. The molecular weight excluding hydrogens is 382 g/mol. The summed E-state index contributed by atoms with van der Waals surface area (Å²) in [7, 11) is 1.66. The number of amides is 2. The highest BCUT2D eigenvalue weighted by Crippen LogP contribution is 2.23. The van der Waals surface area contributed by atoms with Crippen molar-refractivity contribution in [1.82, 2.24) is 19.8 Å². The molecule has 8 heteroatoms. The molecule has 2 aromatic rings. The van der Waals surface area contributed by atoms with Crippen molar-refractivity contribution >= 4 is 17.5 Å². The van der Waals surface area contributed by atoms with Gasteiger partial charge < -0.3 is 19.4 Å². The van der Waals surface area contributed by atoms with Gasteiger partial charge in [0.25, 0.3) is 5.91 Å². The van der Waals surface area contributed by atoms with Crippen molar-refractivity contribution in [3.05, 3.63) is 48.5 Å². The zero-order chi connectivity index (χ0) is 20.9. The first-order valence-corrected chi connectivity index (χ1v) is 10.4. The van der Waals surface area contributed by atoms with E-state index >= 15 is 0 Å². The van der Waals surface area contributed by atoms with Crippen molar-refractivity contribution < 1.29 is 14.3 Å². The Balaban J connectivity index is 1.32. The molecule has 0 spiro atoms. The molecule has 2 saturated heterocycles. The third-order valence-corrected chi connectivity index (χ3v) is 5.87. The number of benzene rings is 1. The van der Waals surface area contributed by atoms with Gasteiger partial charge in [0.1, 0.15) is 11.4 Å². The Morgan fingerprint density at radius 1 is 1.00 bits per heavy atom. The zero-order valence-corrected chi connectivity index (χ0v) is 17.2. The number of anilines is 1. The van der Waals surface area contributed by atoms with Crippen LogP contribution in [0.1, 0.15) is 23.3 Å². The van der Waals surface area contributed by atoms with E-state index in [0.717, 1.165) is 37.4 Å². The number of carbonyl (C=O) groups excluding carboxylic acids is 2. The minimum atomic E-state index is -0.148. The molecule has 158 valence electrons. The van der Waals surface area contributed by atoms with Crippen LogP contribution in [0.4, 0.5) is 5.69 Å². The fourth-order valence-corrected chi connectivity index (χ4v) is 4.17. The van der Waals surface area contributed by atoms with Crippen LogP contribution in [-0.4, -0.2) is 78.0 Å². The number of aromatic nitrogens is 2. The van der Waals surface area contributed by atoms with Gasteiger partial charge in [-0.05, 0) is 37.1 Å². The standard InChI is InChI=1S/C22H27N5O3/c1-30-19-6-4-18(5-7-19)25-11-13-26(14-12-25)21(28)17-3-2-10-27(16-17)22(29)20-15-23-8-9-24-20/h4-9,15,17H,2-3,10-14,16H2,1H3. The summed E-state index contributed by atoms with van der Waals surface area (Å²) < 4.78 is 5.22. The molecule has 1 aromatic carbocycles. The molecule has 8 nitrogen and oxygen atoms in total. The van der Waals surface area contributed by atoms with Crippen LogP contribution in [-0.2, 0) is 4.79 Å². The average molecular weight is 409 g/mol. The van der Waals surface area contributed by atoms with Gasteiger partial charge in [0.15, 0.2) is 0 Å². The lowest BCUT2D eigenvalue weighted by atomic mass is 9.96. The topological polar surface area (TPSA) is 78.9 Å². The number of hydrogen-bond donors (Lipinski definition) is 0. The minimum absolute atomic E-state index is 0.146. The molecule has 0 aliphatic carbocycles. The highest BCUT2D eigenvalue weighted by molar-refractivity contribution is 5.92. The zero-order valence-electron chi connectivity index (χ0n) is 17.2. The van der Waals surface area contributed by atoms with E-state index in [9.17, 15) is 9.59 Å². The van der Waals surface area contributed by atoms with E-state index in [1.54, 1.807) is 18.2 Å². The fourth-order valence-electron chi connectivity index (χ4n) is 4.17. The Bertz CT molecular complexity index is 866. The van der Waals surface area contributed by atoms with E-state index in [1.807, 2.05) is 29.2 Å². The van der Waals surface area contributed by atoms with Gasteiger partial charge in [0.05, 0.1) is 19.2 Å². The number of hydrogen-bond acceptors (Lipinski definition) is 6. The van der Waals surface area contributed by atoms with Crippen LogP contribution in [0.2, 0.25) is 0 Å². The van der Waals surface area contributed by atoms with Crippen LogP contribution in [0, 0.1) is 5.92 Å². The first-order valence-electron chi connectivity index (χ1n) is 10.4. The number of likely N-dealkylation sites (tertiary alicyclic amines) is 1. The van der Waals surface area contributed by atoms with E-state index in [-0.39, 0.29) is 17.7 Å². The lowest BCUT2D eigenvalue weighted by molar-refractivity contribution is -0.137. The third kappa shape index (κ3) is 4.37. The summed E-state index contributed by atoms with van der Waals surface area (Å²) in [6.07, 6.45) is 6.19. The van der Waals surface area contributed by atoms with Gasteiger partial charge in [-0.15, -0.1) is 0 Å². The summed E-state index contributed by atoms with van der Waals surface area (Å²) in [5.74, 6) is 0.698. The summed E-state index contributed by atoms with van der Waals surface area (Å²) in [6, 6.07) is 8.01. The number of ether oxygens (including phenoxy) is 1. The highest BCUT2D eigenvalue weighted by atomic mass is 16.5. The number of carbonyl (C=O) groups is 2. The van der Waals surface area contributed by atoms with Gasteiger partial charge in [0, 0.05) is 57.3 Å². The molecule has 30 heavy (non-hydrogen) atoms. The maximum Gasteiger partial charge on any atom is 0.274 e. The van der Waals surface area contributed by atoms with E-state index in [4.69, 9.17) is 4.74 Å². The van der Waals surface area contributed by atoms with E-state index in [0.29, 0.717) is 31.9 Å². The molecule has 2 aliphatic heterocycles. The van der Waals surface area contributed by atoms with Gasteiger partial charge in [-0.2, -0.15) is 0 Å². The van der Waals surface area contributed by atoms with Crippen LogP contribution in [0.5, 0.6) is 5.75 Å². The second-order valence-corrected chi connectivity index (χ2v) is 7.69. The van der Waals surface area contributed by atoms with Crippen molar-refractivity contribution in [1.29, 1.82) is 0 Å². The SMILES string of the molecule is COc1ccc(N2CCN(C(=O)C3CCCN(C(=O)c4cnccn4)C3)CC2)cc1. The van der Waals surface area contributed by atoms with E-state index in [2.05, 4.69) is 14.9 Å². The number of nitrogens with zero attached hydrogens (tertiary/aromatic N) is 5. The van der Waals surface area contributed by atoms with Crippen LogP contribution >= 0.6 is 0 Å². The normalized spacial score (nSPS) is 19.5. The van der Waals surface area contributed by atoms with Crippen molar-refractivity contribution in [2.75, 3.05) is 51.3 Å². The van der Waals surface area contributed by atoms with Gasteiger partial charge in [0.2, 0.25) is 5.91 Å². The van der Waals surface area contributed by atoms with Gasteiger partial charge in [-0.1, -0.05) is 0 Å². The Morgan fingerprint density at radius 3 is 2.43 bits per heavy atom. The second-order valence-electron chi connectivity index (χ2n) is 7.69. The molecule has 2 fully saturated rings. The molecule has 0 N–H and O–H groups in total. The summed E-state index contributed by atoms with van der Waals surface area (Å²) in [5.41, 5.74) is 1.47. The van der Waals surface area contributed by atoms with Crippen LogP contribution in [0.3, 0.4) is 0 Å². The first-order chi connectivity index (χ1) is 14.7. The first kappa shape index (κ1) is 20.1. The monoisotopic (exact) mass is 409 g/mol. The molecule has 2 amide bonds. The predicted molar refractivity (Wildman–Crippen MR) is 112 cm³/mol. The van der Waals surface area contributed by atoms with Crippen molar-refractivity contribution in [2.24, 2.45) is 5.92 Å². The van der Waals surface area contributed by atoms with Crippen molar-refractivity contribution in [2.45, 2.75) is 12.8 Å². The Hall–Kier alpha value is -3.16. The van der Waals surface area contributed by atoms with Crippen LogP contribution in [0.25, 0.3) is 0 Å². The summed E-state index contributed by atoms with van der Waals surface area (Å²) >= 11 is 0. The summed E-state index contributed by atoms with van der Waals surface area (Å²) in [6.45, 7) is 4.09. The largest absolute Gasteiger partial charge is 0.497 e. The molecule has 0 bridgehead atoms. The second kappa shape index (κ2) is 9.11. The quantitative estimate of drug-likeness (QED) is 0.765. The lowest BCUT2D eigenvalue weighted by Gasteiger charge is -2.39. The van der Waals surface area contributed by atoms with Crippen LogP contribution < -0.4 is 9.64 Å². The summed E-state index contributed by atoms with van der Waals surface area (Å²) in [5, 5.41) is 0. The molecule has 1 unspecified atom stereocenters. The van der Waals surface area contributed by atoms with E-state index in [1.165, 1.54) is 12.4 Å². The molecule has 1 aromatic heterocycles. The van der Waals surface area contributed by atoms with Crippen LogP contribution in [0.15, 0.2) is 42.9 Å². The Kier molecular flexibility index (Phi) is 6.11. The summed E-state index contributed by atoms with van der Waals surface area (Å²) in [4.78, 5) is 39.8. The Morgan fingerprint density at radius 2 is 1.77 bits per heavy atom. The lowest BCUT2D eigenvalue weighted by Crippen LogP contribution is -2.53. The third-order valence-electron chi connectivity index (χ3n) is 5.87. The van der Waals surface area contributed by atoms with E-state index < -0.39 is 0 Å². The molecule has 2 aliphatic rings. The predicted octanol–water partition coefficient (Wildman–Crippen LogP) is 1.69. The van der Waals surface area contributed by atoms with Gasteiger partial charge in [-0.3, -0.25) is 14.6 Å². The van der Waals surface area contributed by atoms with Gasteiger partial charge >= 0.3 is 0 Å². The average Bonchev–Trinajstić information content (AvgIpc) is 2.84. The molecule has 0 radical (unpaired) electrons. The highest BCUT2D eigenvalue weighted by Gasteiger charge is 2.33. The number of piperidine rings is 1. The maximum absolute atomic E-state index is 13.1. The molecule has 4 rings (SSSR count).